The van der Waals surface area contributed by atoms with E-state index in [0.717, 1.165) is 31.4 Å². The molecule has 0 aliphatic rings. The van der Waals surface area contributed by atoms with Gasteiger partial charge >= 0.3 is 0 Å². The first kappa shape index (κ1) is 23.9. The topological polar surface area (TPSA) is 49.7 Å². The molecule has 1 rings (SSSR count). The summed E-state index contributed by atoms with van der Waals surface area (Å²) >= 11 is 0. The summed E-state index contributed by atoms with van der Waals surface area (Å²) in [5.41, 5.74) is 0.415. The van der Waals surface area contributed by atoms with Gasteiger partial charge in [-0.2, -0.15) is 0 Å². The van der Waals surface area contributed by atoms with Gasteiger partial charge in [0.2, 0.25) is 0 Å². The molecule has 0 saturated carbocycles. The minimum absolute atomic E-state index is 0.248. The van der Waals surface area contributed by atoms with E-state index >= 15 is 0 Å². The Bertz CT molecular complexity index is 500. The third-order valence-corrected chi connectivity index (χ3v) is 4.73. The molecule has 1 aromatic carbocycles. The number of ether oxygens (including phenoxy) is 1. The smallest absolute Gasteiger partial charge is 0.266 e. The molecule has 0 saturated heterocycles. The van der Waals surface area contributed by atoms with Crippen LogP contribution in [0.25, 0.3) is 0 Å². The Balaban J connectivity index is 2.27. The van der Waals surface area contributed by atoms with Gasteiger partial charge in [0, 0.05) is 0 Å². The molecule has 0 aromatic heterocycles. The molecule has 2 N–H and O–H groups in total. The number of hydrogen-bond acceptors (Lipinski definition) is 3. The Labute approximate surface area is 160 Å². The van der Waals surface area contributed by atoms with Crippen molar-refractivity contribution in [3.63, 3.8) is 0 Å². The number of rotatable bonds is 15. The molecule has 0 heterocycles. The van der Waals surface area contributed by atoms with E-state index in [1.54, 1.807) is 0 Å². The molecule has 1 aromatic rings. The molecular weight excluding hydrogens is 357 g/mol. The van der Waals surface area contributed by atoms with Crippen LogP contribution >= 0.6 is 0 Å². The maximum Gasteiger partial charge on any atom is 0.266 e. The first-order valence-corrected chi connectivity index (χ1v) is 10.1. The number of benzene rings is 1. The highest BCUT2D eigenvalue weighted by Gasteiger charge is 2.14. The summed E-state index contributed by atoms with van der Waals surface area (Å²) in [5, 5.41) is 18.1. The van der Waals surface area contributed by atoms with E-state index in [0.29, 0.717) is 31.2 Å². The van der Waals surface area contributed by atoms with E-state index in [-0.39, 0.29) is 6.10 Å². The van der Waals surface area contributed by atoms with Crippen LogP contribution in [-0.2, 0) is 11.2 Å². The molecule has 0 radical (unpaired) electrons. The van der Waals surface area contributed by atoms with Crippen LogP contribution in [0.1, 0.15) is 83.1 Å². The van der Waals surface area contributed by atoms with Crippen LogP contribution in [0.4, 0.5) is 13.2 Å². The zero-order valence-electron chi connectivity index (χ0n) is 16.2. The highest BCUT2D eigenvalue weighted by molar-refractivity contribution is 5.19. The number of unbranched alkanes of at least 4 members (excludes halogenated alkanes) is 7. The van der Waals surface area contributed by atoms with E-state index in [1.807, 2.05) is 0 Å². The van der Waals surface area contributed by atoms with E-state index < -0.39 is 23.9 Å². The van der Waals surface area contributed by atoms with E-state index in [4.69, 9.17) is 14.9 Å². The summed E-state index contributed by atoms with van der Waals surface area (Å²) in [6.07, 6.45) is 11.2. The predicted molar refractivity (Wildman–Crippen MR) is 99.6 cm³/mol. The molecule has 156 valence electrons. The van der Waals surface area contributed by atoms with Crippen molar-refractivity contribution >= 4 is 0 Å². The normalized spacial score (nSPS) is 12.7. The predicted octanol–water partition coefficient (Wildman–Crippen LogP) is 5.61. The van der Waals surface area contributed by atoms with Gasteiger partial charge in [-0.05, 0) is 43.4 Å². The molecule has 1 unspecified atom stereocenters. The lowest BCUT2D eigenvalue weighted by Crippen LogP contribution is -2.21. The number of aryl methyl sites for hydroxylation is 1. The summed E-state index contributed by atoms with van der Waals surface area (Å²) in [6.45, 7) is 0.394. The molecule has 6 heteroatoms. The SMILES string of the molecule is CCCCCCCCCC(CCCCc1cc(F)c(F)c(F)c1)OC(O)O. The van der Waals surface area contributed by atoms with Crippen LogP contribution in [0, 0.1) is 17.5 Å². The molecule has 0 spiro atoms. The molecule has 0 bridgehead atoms. The average molecular weight is 390 g/mol. The van der Waals surface area contributed by atoms with Gasteiger partial charge in [-0.1, -0.05) is 58.3 Å². The molecule has 0 amide bonds. The lowest BCUT2D eigenvalue weighted by atomic mass is 10.0. The van der Waals surface area contributed by atoms with Gasteiger partial charge < -0.3 is 14.9 Å². The summed E-state index contributed by atoms with van der Waals surface area (Å²) in [6, 6.07) is 2.03. The van der Waals surface area contributed by atoms with Crippen molar-refractivity contribution in [3.8, 4) is 0 Å². The zero-order chi connectivity index (χ0) is 20.1. The second kappa shape index (κ2) is 14.0. The number of aliphatic hydroxyl groups is 2. The van der Waals surface area contributed by atoms with Crippen molar-refractivity contribution in [2.45, 2.75) is 96.6 Å². The van der Waals surface area contributed by atoms with Crippen LogP contribution in [0.3, 0.4) is 0 Å². The van der Waals surface area contributed by atoms with Gasteiger partial charge in [0.1, 0.15) is 0 Å². The first-order chi connectivity index (χ1) is 12.9. The van der Waals surface area contributed by atoms with E-state index in [9.17, 15) is 13.2 Å². The molecule has 0 fully saturated rings. The fourth-order valence-corrected chi connectivity index (χ4v) is 3.24. The highest BCUT2D eigenvalue weighted by atomic mass is 19.2. The van der Waals surface area contributed by atoms with Crippen LogP contribution in [0.15, 0.2) is 12.1 Å². The maximum atomic E-state index is 13.2. The Hall–Kier alpha value is -1.11. The van der Waals surface area contributed by atoms with Crippen molar-refractivity contribution in [3.05, 3.63) is 35.1 Å². The maximum absolute atomic E-state index is 13.2. The van der Waals surface area contributed by atoms with Crippen molar-refractivity contribution in [1.29, 1.82) is 0 Å². The lowest BCUT2D eigenvalue weighted by Gasteiger charge is -2.19. The van der Waals surface area contributed by atoms with E-state index in [2.05, 4.69) is 6.92 Å². The van der Waals surface area contributed by atoms with Crippen LogP contribution < -0.4 is 0 Å². The molecular formula is C21H33F3O3. The van der Waals surface area contributed by atoms with Gasteiger partial charge in [0.05, 0.1) is 6.10 Å². The van der Waals surface area contributed by atoms with Gasteiger partial charge in [-0.15, -0.1) is 0 Å². The van der Waals surface area contributed by atoms with Gasteiger partial charge in [-0.3, -0.25) is 0 Å². The quantitative estimate of drug-likeness (QED) is 0.232. The molecule has 1 atom stereocenters. The highest BCUT2D eigenvalue weighted by Crippen LogP contribution is 2.19. The third kappa shape index (κ3) is 10.7. The summed E-state index contributed by atoms with van der Waals surface area (Å²) in [5.74, 6) is -3.79. The summed E-state index contributed by atoms with van der Waals surface area (Å²) in [4.78, 5) is 0. The fourth-order valence-electron chi connectivity index (χ4n) is 3.24. The Morgan fingerprint density at radius 2 is 1.33 bits per heavy atom. The lowest BCUT2D eigenvalue weighted by molar-refractivity contribution is -0.257. The van der Waals surface area contributed by atoms with Crippen molar-refractivity contribution in [2.24, 2.45) is 0 Å². The van der Waals surface area contributed by atoms with Crippen LogP contribution in [0.2, 0.25) is 0 Å². The van der Waals surface area contributed by atoms with E-state index in [1.165, 1.54) is 32.1 Å². The molecule has 0 aliphatic heterocycles. The molecule has 27 heavy (non-hydrogen) atoms. The minimum Gasteiger partial charge on any atom is -0.346 e. The van der Waals surface area contributed by atoms with Crippen LogP contribution in [-0.4, -0.2) is 22.8 Å². The monoisotopic (exact) mass is 390 g/mol. The Kier molecular flexibility index (Phi) is 12.4. The van der Waals surface area contributed by atoms with Crippen molar-refractivity contribution < 1.29 is 28.1 Å². The average Bonchev–Trinajstić information content (AvgIpc) is 2.61. The van der Waals surface area contributed by atoms with Crippen molar-refractivity contribution in [2.75, 3.05) is 0 Å². The Morgan fingerprint density at radius 3 is 1.89 bits per heavy atom. The summed E-state index contributed by atoms with van der Waals surface area (Å²) < 4.78 is 44.5. The largest absolute Gasteiger partial charge is 0.346 e. The molecule has 3 nitrogen and oxygen atoms in total. The minimum atomic E-state index is -1.79. The van der Waals surface area contributed by atoms with Gasteiger partial charge in [-0.25, -0.2) is 13.2 Å². The second-order valence-corrected chi connectivity index (χ2v) is 7.11. The van der Waals surface area contributed by atoms with Crippen molar-refractivity contribution in [1.82, 2.24) is 0 Å². The second-order valence-electron chi connectivity index (χ2n) is 7.11. The molecule has 0 aliphatic carbocycles. The Morgan fingerprint density at radius 1 is 0.815 bits per heavy atom. The fraction of sp³-hybridized carbons (Fsp3) is 0.714. The first-order valence-electron chi connectivity index (χ1n) is 10.1. The number of aliphatic hydroxyl groups excluding tert-OH is 1. The zero-order valence-corrected chi connectivity index (χ0v) is 16.2. The number of halogens is 3. The van der Waals surface area contributed by atoms with Crippen LogP contribution in [0.5, 0.6) is 0 Å². The number of hydrogen-bond donors (Lipinski definition) is 2. The summed E-state index contributed by atoms with van der Waals surface area (Å²) in [7, 11) is 0. The van der Waals surface area contributed by atoms with Gasteiger partial charge in [0.15, 0.2) is 17.5 Å². The standard InChI is InChI=1S/C21H33F3O3/c1-2-3-4-5-6-7-8-12-17(27-21(25)26)13-10-9-11-16-14-18(22)20(24)19(23)15-16/h14-15,17,21,25-26H,2-13H2,1H3. The third-order valence-electron chi connectivity index (χ3n) is 4.73. The van der Waals surface area contributed by atoms with Gasteiger partial charge in [0.25, 0.3) is 6.48 Å².